The quantitative estimate of drug-likeness (QED) is 0.358. The summed E-state index contributed by atoms with van der Waals surface area (Å²) in [4.78, 5) is 25.8. The molecule has 0 radical (unpaired) electrons. The van der Waals surface area contributed by atoms with Gasteiger partial charge in [-0.1, -0.05) is 23.7 Å². The molecule has 0 saturated heterocycles. The molecule has 2 aromatic carbocycles. The summed E-state index contributed by atoms with van der Waals surface area (Å²) in [7, 11) is 3.67. The number of non-ortho nitro benzene ring substituents is 1. The summed E-state index contributed by atoms with van der Waals surface area (Å²) in [6.45, 7) is -0.0408. The van der Waals surface area contributed by atoms with Gasteiger partial charge in [-0.3, -0.25) is 19.5 Å². The Bertz CT molecular complexity index is 1080. The largest absolute Gasteiger partial charge is 0.388 e. The van der Waals surface area contributed by atoms with E-state index in [2.05, 4.69) is 10.2 Å². The van der Waals surface area contributed by atoms with Gasteiger partial charge in [0.2, 0.25) is 0 Å². The van der Waals surface area contributed by atoms with E-state index in [1.54, 1.807) is 24.3 Å². The van der Waals surface area contributed by atoms with Crippen LogP contribution in [0.15, 0.2) is 42.5 Å². The molecule has 0 amide bonds. The van der Waals surface area contributed by atoms with Crippen LogP contribution in [0.1, 0.15) is 27.6 Å². The first kappa shape index (κ1) is 20.6. The van der Waals surface area contributed by atoms with Crippen LogP contribution in [0.4, 0.5) is 5.69 Å². The van der Waals surface area contributed by atoms with Gasteiger partial charge in [-0.05, 0) is 32.3 Å². The third-order valence-electron chi connectivity index (χ3n) is 4.19. The maximum Gasteiger partial charge on any atom is 0.270 e. The highest BCUT2D eigenvalue weighted by Gasteiger charge is 2.24. The number of ketones is 1. The van der Waals surface area contributed by atoms with E-state index in [-0.39, 0.29) is 27.7 Å². The van der Waals surface area contributed by atoms with Gasteiger partial charge in [0.15, 0.2) is 17.4 Å². The van der Waals surface area contributed by atoms with Crippen LogP contribution in [0.2, 0.25) is 5.02 Å². The zero-order valence-electron chi connectivity index (χ0n) is 15.7. The van der Waals surface area contributed by atoms with Gasteiger partial charge in [0.1, 0.15) is 6.61 Å². The number of benzene rings is 2. The molecule has 3 aromatic rings. The fourth-order valence-corrected chi connectivity index (χ4v) is 3.15. The lowest BCUT2D eigenvalue weighted by molar-refractivity contribution is -0.384. The second kappa shape index (κ2) is 8.48. The lowest BCUT2D eigenvalue weighted by Gasteiger charge is -2.16. The molecule has 29 heavy (non-hydrogen) atoms. The van der Waals surface area contributed by atoms with Crippen LogP contribution in [-0.2, 0) is 13.2 Å². The summed E-state index contributed by atoms with van der Waals surface area (Å²) < 4.78 is 1.54. The molecule has 0 saturated carbocycles. The smallest absolute Gasteiger partial charge is 0.270 e. The Kier molecular flexibility index (Phi) is 6.02. The van der Waals surface area contributed by atoms with Crippen LogP contribution in [0, 0.1) is 10.1 Å². The van der Waals surface area contributed by atoms with Gasteiger partial charge in [0.05, 0.1) is 27.7 Å². The number of halogens is 1. The zero-order chi connectivity index (χ0) is 21.1. The summed E-state index contributed by atoms with van der Waals surface area (Å²) >= 11 is 6.17. The molecule has 9 nitrogen and oxygen atoms in total. The summed E-state index contributed by atoms with van der Waals surface area (Å²) in [6, 6.07) is 10.4. The molecule has 0 aliphatic rings. The van der Waals surface area contributed by atoms with Crippen LogP contribution >= 0.6 is 11.6 Å². The van der Waals surface area contributed by atoms with Gasteiger partial charge in [0.25, 0.3) is 5.69 Å². The van der Waals surface area contributed by atoms with Gasteiger partial charge < -0.3 is 10.0 Å². The Morgan fingerprint density at radius 1 is 1.17 bits per heavy atom. The number of nitro groups is 1. The molecule has 1 N–H and O–H groups in total. The van der Waals surface area contributed by atoms with Crippen LogP contribution < -0.4 is 0 Å². The van der Waals surface area contributed by atoms with Crippen molar-refractivity contribution in [2.45, 2.75) is 13.2 Å². The molecule has 0 fully saturated rings. The second-order valence-corrected chi connectivity index (χ2v) is 6.94. The van der Waals surface area contributed by atoms with Crippen molar-refractivity contribution in [3.8, 4) is 5.69 Å². The minimum atomic E-state index is -0.576. The highest BCUT2D eigenvalue weighted by Crippen LogP contribution is 2.28. The first-order valence-electron chi connectivity index (χ1n) is 8.60. The number of aliphatic hydroxyl groups is 1. The topological polar surface area (TPSA) is 114 Å². The van der Waals surface area contributed by atoms with Crippen LogP contribution in [-0.4, -0.2) is 49.6 Å². The Morgan fingerprint density at radius 3 is 2.48 bits per heavy atom. The number of hydrogen-bond donors (Lipinski definition) is 1. The maximum atomic E-state index is 13.3. The Morgan fingerprint density at radius 2 is 1.86 bits per heavy atom. The molecule has 10 heteroatoms. The maximum absolute atomic E-state index is 13.3. The third-order valence-corrected chi connectivity index (χ3v) is 4.52. The van der Waals surface area contributed by atoms with Crippen molar-refractivity contribution in [3.05, 3.63) is 80.4 Å². The molecule has 0 aliphatic carbocycles. The van der Waals surface area contributed by atoms with Crippen molar-refractivity contribution >= 4 is 23.1 Å². The number of carbonyl (C=O) groups excluding carboxylic acids is 1. The number of carbonyl (C=O) groups is 1. The normalized spacial score (nSPS) is 11.1. The summed E-state index contributed by atoms with van der Waals surface area (Å²) in [5, 5.41) is 29.3. The predicted octanol–water partition coefficient (Wildman–Crippen LogP) is 2.61. The highest BCUT2D eigenvalue weighted by atomic mass is 35.5. The fourth-order valence-electron chi connectivity index (χ4n) is 2.92. The molecule has 0 spiro atoms. The fraction of sp³-hybridized carbons (Fsp3) is 0.211. The Balaban J connectivity index is 2.26. The van der Waals surface area contributed by atoms with Crippen molar-refractivity contribution in [3.63, 3.8) is 0 Å². The van der Waals surface area contributed by atoms with E-state index < -0.39 is 17.3 Å². The van der Waals surface area contributed by atoms with Crippen molar-refractivity contribution in [1.29, 1.82) is 0 Å². The first-order chi connectivity index (χ1) is 13.8. The van der Waals surface area contributed by atoms with Crippen LogP contribution in [0.5, 0.6) is 0 Å². The molecule has 3 rings (SSSR count). The summed E-state index contributed by atoms with van der Waals surface area (Å²) in [5.41, 5.74) is 0.355. The van der Waals surface area contributed by atoms with E-state index in [4.69, 9.17) is 11.6 Å². The minimum Gasteiger partial charge on any atom is -0.388 e. The molecule has 0 aliphatic heterocycles. The van der Waals surface area contributed by atoms with Gasteiger partial charge in [0, 0.05) is 17.7 Å². The third kappa shape index (κ3) is 4.16. The van der Waals surface area contributed by atoms with Crippen molar-refractivity contribution in [1.82, 2.24) is 19.7 Å². The second-order valence-electron chi connectivity index (χ2n) is 6.53. The summed E-state index contributed by atoms with van der Waals surface area (Å²) in [5.74, 6) is 0.202. The molecule has 0 unspecified atom stereocenters. The average molecular weight is 416 g/mol. The average Bonchev–Trinajstić information content (AvgIpc) is 3.09. The monoisotopic (exact) mass is 415 g/mol. The van der Waals surface area contributed by atoms with E-state index in [0.717, 1.165) is 0 Å². The number of aromatic nitrogens is 3. The molecule has 1 aromatic heterocycles. The molecular weight excluding hydrogens is 398 g/mol. The molecule has 1 heterocycles. The number of nitrogens with zero attached hydrogens (tertiary/aromatic N) is 5. The Hall–Kier alpha value is -3.14. The molecule has 0 atom stereocenters. The first-order valence-corrected chi connectivity index (χ1v) is 8.98. The van der Waals surface area contributed by atoms with E-state index in [9.17, 15) is 20.0 Å². The van der Waals surface area contributed by atoms with Crippen LogP contribution in [0.25, 0.3) is 5.69 Å². The lowest BCUT2D eigenvalue weighted by Crippen LogP contribution is -2.18. The van der Waals surface area contributed by atoms with Crippen molar-refractivity contribution in [2.24, 2.45) is 0 Å². The molecule has 0 bridgehead atoms. The predicted molar refractivity (Wildman–Crippen MR) is 106 cm³/mol. The molecular formula is C19H18ClN5O4. The molecule has 150 valence electrons. The number of hydrogen-bond acceptors (Lipinski definition) is 7. The lowest BCUT2D eigenvalue weighted by atomic mass is 10.0. The van der Waals surface area contributed by atoms with Crippen molar-refractivity contribution in [2.75, 3.05) is 14.1 Å². The SMILES string of the molecule is CN(C)Cc1nnc(CO)n1-c1ccc([N+](=O)[O-])cc1C(=O)c1ccccc1Cl. The van der Waals surface area contributed by atoms with E-state index in [1.165, 1.54) is 22.8 Å². The van der Waals surface area contributed by atoms with Crippen molar-refractivity contribution < 1.29 is 14.8 Å². The highest BCUT2D eigenvalue weighted by molar-refractivity contribution is 6.35. The van der Waals surface area contributed by atoms with Crippen LogP contribution in [0.3, 0.4) is 0 Å². The summed E-state index contributed by atoms with van der Waals surface area (Å²) in [6.07, 6.45) is 0. The van der Waals surface area contributed by atoms with E-state index in [1.807, 2.05) is 19.0 Å². The number of aliphatic hydroxyl groups excluding tert-OH is 1. The van der Waals surface area contributed by atoms with Gasteiger partial charge >= 0.3 is 0 Å². The minimum absolute atomic E-state index is 0.0572. The zero-order valence-corrected chi connectivity index (χ0v) is 16.5. The van der Waals surface area contributed by atoms with Gasteiger partial charge in [-0.2, -0.15) is 0 Å². The van der Waals surface area contributed by atoms with Gasteiger partial charge in [-0.25, -0.2) is 0 Å². The number of nitro benzene ring substituents is 1. The van der Waals surface area contributed by atoms with E-state index >= 15 is 0 Å². The Labute approximate surface area is 171 Å². The standard InChI is InChI=1S/C19H18ClN5O4/c1-23(2)10-17-21-22-18(11-26)24(17)16-8-7-12(25(28)29)9-14(16)19(27)13-5-3-4-6-15(13)20/h3-9,26H,10-11H2,1-2H3. The number of rotatable bonds is 7. The van der Waals surface area contributed by atoms with E-state index in [0.29, 0.717) is 18.1 Å². The van der Waals surface area contributed by atoms with Gasteiger partial charge in [-0.15, -0.1) is 10.2 Å².